The van der Waals surface area contributed by atoms with E-state index in [1.165, 1.54) is 0 Å². The van der Waals surface area contributed by atoms with Gasteiger partial charge in [-0.2, -0.15) is 0 Å². The van der Waals surface area contributed by atoms with Crippen molar-refractivity contribution in [3.8, 4) is 0 Å². The minimum atomic E-state index is 0. The fourth-order valence-corrected chi connectivity index (χ4v) is 0. The van der Waals surface area contributed by atoms with Crippen molar-refractivity contribution in [2.24, 2.45) is 5.41 Å². The molecule has 0 atom stereocenters. The summed E-state index contributed by atoms with van der Waals surface area (Å²) in [7, 11) is 0. The molecule has 56 valence electrons. The smallest absolute Gasteiger partial charge is 0.0411 e. The summed E-state index contributed by atoms with van der Waals surface area (Å²) in [6.45, 7) is 8.75. The summed E-state index contributed by atoms with van der Waals surface area (Å²) in [5, 5.41) is 0. The molecule has 0 aliphatic heterocycles. The van der Waals surface area contributed by atoms with E-state index >= 15 is 0 Å². The van der Waals surface area contributed by atoms with Gasteiger partial charge in [0.15, 0.2) is 0 Å². The Morgan fingerprint density at radius 2 is 0.750 bits per heavy atom. The van der Waals surface area contributed by atoms with Gasteiger partial charge in [0.05, 0.1) is 0 Å². The molecule has 0 aliphatic carbocycles. The first-order valence-electron chi connectivity index (χ1n) is 2.00. The zero-order valence-corrected chi connectivity index (χ0v) is 7.66. The quantitative estimate of drug-likeness (QED) is 0.583. The van der Waals surface area contributed by atoms with Crippen LogP contribution in [0.3, 0.4) is 0 Å². The van der Waals surface area contributed by atoms with Crippen molar-refractivity contribution in [2.45, 2.75) is 27.7 Å². The topological polar surface area (TPSA) is 35.0 Å². The summed E-state index contributed by atoms with van der Waals surface area (Å²) >= 11 is 0. The molecular formula is C5H17Cl2N. The average Bonchev–Trinajstić information content (AvgIpc) is 0.722. The molecule has 3 heteroatoms. The third kappa shape index (κ3) is 688. The van der Waals surface area contributed by atoms with Gasteiger partial charge >= 0.3 is 0 Å². The molecule has 0 aromatic rings. The van der Waals surface area contributed by atoms with Crippen LogP contribution in [0, 0.1) is 5.41 Å². The number of hydrogen-bond acceptors (Lipinski definition) is 1. The van der Waals surface area contributed by atoms with Crippen LogP contribution in [0.4, 0.5) is 0 Å². The molecule has 0 saturated heterocycles. The van der Waals surface area contributed by atoms with Crippen LogP contribution in [0.15, 0.2) is 0 Å². The van der Waals surface area contributed by atoms with Crippen molar-refractivity contribution in [2.75, 3.05) is 0 Å². The lowest BCUT2D eigenvalue weighted by molar-refractivity contribution is 0.469. The van der Waals surface area contributed by atoms with Gasteiger partial charge in [0.25, 0.3) is 0 Å². The van der Waals surface area contributed by atoms with Crippen molar-refractivity contribution >= 4 is 24.8 Å². The Labute approximate surface area is 64.6 Å². The Balaban J connectivity index is -0.0000000267. The highest BCUT2D eigenvalue weighted by atomic mass is 35.5. The van der Waals surface area contributed by atoms with Crippen LogP contribution in [0.1, 0.15) is 27.7 Å². The third-order valence-electron chi connectivity index (χ3n) is 0. The highest BCUT2D eigenvalue weighted by Crippen LogP contribution is 2.07. The Kier molecular flexibility index (Phi) is 22.2. The van der Waals surface area contributed by atoms with Gasteiger partial charge in [0, 0.05) is 0 Å². The maximum absolute atomic E-state index is 2.19. The van der Waals surface area contributed by atoms with E-state index in [1.807, 2.05) is 0 Å². The van der Waals surface area contributed by atoms with E-state index in [-0.39, 0.29) is 31.0 Å². The maximum atomic E-state index is 2.19. The van der Waals surface area contributed by atoms with Crippen LogP contribution in [-0.2, 0) is 0 Å². The van der Waals surface area contributed by atoms with Gasteiger partial charge < -0.3 is 6.15 Å². The normalized spacial score (nSPS) is 7.50. The Bertz CT molecular complexity index is 25.9. The highest BCUT2D eigenvalue weighted by molar-refractivity contribution is 5.85. The minimum absolute atomic E-state index is 0. The molecular weight excluding hydrogens is 145 g/mol. The summed E-state index contributed by atoms with van der Waals surface area (Å²) < 4.78 is 0. The second-order valence-electron chi connectivity index (χ2n) is 3.00. The van der Waals surface area contributed by atoms with Crippen LogP contribution in [0.5, 0.6) is 0 Å². The van der Waals surface area contributed by atoms with E-state index in [2.05, 4.69) is 27.7 Å². The fraction of sp³-hybridized carbons (Fsp3) is 1.00. The molecule has 0 radical (unpaired) electrons. The Morgan fingerprint density at radius 3 is 0.750 bits per heavy atom. The molecule has 0 spiro atoms. The predicted molar refractivity (Wildman–Crippen MR) is 44.6 cm³/mol. The zero-order valence-electron chi connectivity index (χ0n) is 6.02. The lowest BCUT2D eigenvalue weighted by Crippen LogP contribution is -1.93. The molecule has 0 aliphatic rings. The van der Waals surface area contributed by atoms with Gasteiger partial charge in [0.1, 0.15) is 0 Å². The van der Waals surface area contributed by atoms with E-state index in [1.54, 1.807) is 0 Å². The van der Waals surface area contributed by atoms with E-state index in [0.29, 0.717) is 5.41 Å². The largest absolute Gasteiger partial charge is 0.344 e. The summed E-state index contributed by atoms with van der Waals surface area (Å²) in [5.74, 6) is 0. The Morgan fingerprint density at radius 1 is 0.750 bits per heavy atom. The van der Waals surface area contributed by atoms with Gasteiger partial charge in [-0.3, -0.25) is 0 Å². The molecule has 3 N–H and O–H groups in total. The van der Waals surface area contributed by atoms with Crippen LogP contribution in [0.25, 0.3) is 0 Å². The third-order valence-corrected chi connectivity index (χ3v) is 0. The summed E-state index contributed by atoms with van der Waals surface area (Å²) in [6.07, 6.45) is 0. The first-order valence-corrected chi connectivity index (χ1v) is 2.00. The van der Waals surface area contributed by atoms with Crippen LogP contribution < -0.4 is 6.15 Å². The van der Waals surface area contributed by atoms with Crippen LogP contribution in [-0.4, -0.2) is 0 Å². The number of hydrogen-bond donors (Lipinski definition) is 1. The van der Waals surface area contributed by atoms with Crippen molar-refractivity contribution in [1.82, 2.24) is 6.15 Å². The monoisotopic (exact) mass is 161 g/mol. The van der Waals surface area contributed by atoms with E-state index in [0.717, 1.165) is 0 Å². The second kappa shape index (κ2) is 7.54. The fourth-order valence-electron chi connectivity index (χ4n) is 0. The SMILES string of the molecule is CC(C)(C)C.Cl.Cl.N. The summed E-state index contributed by atoms with van der Waals surface area (Å²) in [4.78, 5) is 0. The molecule has 0 heterocycles. The molecule has 1 nitrogen and oxygen atoms in total. The molecule has 0 saturated carbocycles. The van der Waals surface area contributed by atoms with Crippen molar-refractivity contribution in [3.63, 3.8) is 0 Å². The summed E-state index contributed by atoms with van der Waals surface area (Å²) in [5.41, 5.74) is 0.500. The maximum Gasteiger partial charge on any atom is -0.0411 e. The van der Waals surface area contributed by atoms with Gasteiger partial charge in [-0.05, 0) is 5.41 Å². The van der Waals surface area contributed by atoms with E-state index < -0.39 is 0 Å². The molecule has 0 fully saturated rings. The summed E-state index contributed by atoms with van der Waals surface area (Å²) in [6, 6.07) is 0. The van der Waals surface area contributed by atoms with Crippen LogP contribution >= 0.6 is 24.8 Å². The number of halogens is 2. The highest BCUT2D eigenvalue weighted by Gasteiger charge is 1.95. The first kappa shape index (κ1) is 23.6. The van der Waals surface area contributed by atoms with E-state index in [4.69, 9.17) is 0 Å². The zero-order chi connectivity index (χ0) is 4.50. The Hall–Kier alpha value is 0.540. The van der Waals surface area contributed by atoms with Gasteiger partial charge in [-0.1, -0.05) is 27.7 Å². The molecule has 8 heavy (non-hydrogen) atoms. The minimum Gasteiger partial charge on any atom is -0.344 e. The number of rotatable bonds is 0. The first-order chi connectivity index (χ1) is 2.00. The van der Waals surface area contributed by atoms with Gasteiger partial charge in [-0.15, -0.1) is 24.8 Å². The van der Waals surface area contributed by atoms with Gasteiger partial charge in [-0.25, -0.2) is 0 Å². The molecule has 0 aromatic carbocycles. The molecule has 0 bridgehead atoms. The molecule has 0 rings (SSSR count). The van der Waals surface area contributed by atoms with Crippen LogP contribution in [0.2, 0.25) is 0 Å². The molecule has 0 aromatic heterocycles. The van der Waals surface area contributed by atoms with Crippen molar-refractivity contribution < 1.29 is 0 Å². The predicted octanol–water partition coefficient (Wildman–Crippen LogP) is 3.06. The van der Waals surface area contributed by atoms with E-state index in [9.17, 15) is 0 Å². The molecule has 0 amide bonds. The lowest BCUT2D eigenvalue weighted by atomic mass is 10.0. The average molecular weight is 162 g/mol. The molecule has 0 unspecified atom stereocenters. The lowest BCUT2D eigenvalue weighted by Gasteiger charge is -2.05. The van der Waals surface area contributed by atoms with Gasteiger partial charge in [0.2, 0.25) is 0 Å². The van der Waals surface area contributed by atoms with Crippen molar-refractivity contribution in [3.05, 3.63) is 0 Å². The standard InChI is InChI=1S/C5H12.2ClH.H3N/c1-5(2,3)4;;;/h1-4H3;2*1H;1H3. The second-order valence-corrected chi connectivity index (χ2v) is 3.00. The van der Waals surface area contributed by atoms with Crippen molar-refractivity contribution in [1.29, 1.82) is 0 Å².